The lowest BCUT2D eigenvalue weighted by molar-refractivity contribution is -0.114. The van der Waals surface area contributed by atoms with Crippen LogP contribution in [0.15, 0.2) is 78.9 Å². The zero-order valence-corrected chi connectivity index (χ0v) is 13.5. The van der Waals surface area contributed by atoms with Gasteiger partial charge in [0.1, 0.15) is 12.4 Å². The van der Waals surface area contributed by atoms with Gasteiger partial charge in [-0.25, -0.2) is 0 Å². The van der Waals surface area contributed by atoms with Crippen molar-refractivity contribution < 1.29 is 9.53 Å². The molecule has 0 bridgehead atoms. The fourth-order valence-corrected chi connectivity index (χ4v) is 2.46. The summed E-state index contributed by atoms with van der Waals surface area (Å²) in [5, 5.41) is 2.80. The Kier molecular flexibility index (Phi) is 4.92. The first-order valence-corrected chi connectivity index (χ1v) is 7.85. The number of hydrogen-bond donors (Lipinski definition) is 1. The van der Waals surface area contributed by atoms with Crippen molar-refractivity contribution >= 4 is 11.6 Å². The second-order valence-electron chi connectivity index (χ2n) is 5.56. The van der Waals surface area contributed by atoms with Crippen LogP contribution < -0.4 is 10.1 Å². The van der Waals surface area contributed by atoms with Gasteiger partial charge in [0.2, 0.25) is 5.91 Å². The van der Waals surface area contributed by atoms with Crippen LogP contribution in [-0.2, 0) is 11.4 Å². The molecular weight excluding hydrogens is 298 g/mol. The van der Waals surface area contributed by atoms with Gasteiger partial charge in [0.15, 0.2) is 0 Å². The fourth-order valence-electron chi connectivity index (χ4n) is 2.46. The minimum atomic E-state index is -0.0724. The van der Waals surface area contributed by atoms with Gasteiger partial charge in [-0.3, -0.25) is 4.79 Å². The van der Waals surface area contributed by atoms with Gasteiger partial charge in [-0.15, -0.1) is 0 Å². The SMILES string of the molecule is CC(=O)Nc1cccc(-c2ccc(OCc3ccccc3)cc2)c1. The van der Waals surface area contributed by atoms with Gasteiger partial charge in [-0.1, -0.05) is 54.6 Å². The summed E-state index contributed by atoms with van der Waals surface area (Å²) in [5.74, 6) is 0.762. The van der Waals surface area contributed by atoms with Crippen LogP contribution in [0.3, 0.4) is 0 Å². The van der Waals surface area contributed by atoms with Gasteiger partial charge in [0, 0.05) is 12.6 Å². The molecule has 0 saturated carbocycles. The highest BCUT2D eigenvalue weighted by molar-refractivity contribution is 5.89. The molecule has 0 saturated heterocycles. The zero-order valence-electron chi connectivity index (χ0n) is 13.5. The Morgan fingerprint density at radius 1 is 0.875 bits per heavy atom. The van der Waals surface area contributed by atoms with E-state index in [0.29, 0.717) is 6.61 Å². The molecular formula is C21H19NO2. The lowest BCUT2D eigenvalue weighted by Gasteiger charge is -2.09. The molecule has 0 aliphatic heterocycles. The van der Waals surface area contributed by atoms with Crippen molar-refractivity contribution in [3.05, 3.63) is 84.4 Å². The quantitative estimate of drug-likeness (QED) is 0.727. The summed E-state index contributed by atoms with van der Waals surface area (Å²) in [4.78, 5) is 11.2. The van der Waals surface area contributed by atoms with E-state index in [1.807, 2.05) is 78.9 Å². The van der Waals surface area contributed by atoms with Crippen LogP contribution in [0, 0.1) is 0 Å². The highest BCUT2D eigenvalue weighted by atomic mass is 16.5. The van der Waals surface area contributed by atoms with Crippen LogP contribution in [0.2, 0.25) is 0 Å². The Labute approximate surface area is 141 Å². The number of rotatable bonds is 5. The molecule has 0 aliphatic rings. The molecule has 3 heteroatoms. The van der Waals surface area contributed by atoms with Gasteiger partial charge >= 0.3 is 0 Å². The van der Waals surface area contributed by atoms with Gasteiger partial charge in [0.05, 0.1) is 0 Å². The standard InChI is InChI=1S/C21H19NO2/c1-16(23)22-20-9-5-8-19(14-20)18-10-12-21(13-11-18)24-15-17-6-3-2-4-7-17/h2-14H,15H2,1H3,(H,22,23). The van der Waals surface area contributed by atoms with Crippen LogP contribution in [0.4, 0.5) is 5.69 Å². The molecule has 0 aliphatic carbocycles. The van der Waals surface area contributed by atoms with Crippen LogP contribution in [0.1, 0.15) is 12.5 Å². The molecule has 1 amide bonds. The summed E-state index contributed by atoms with van der Waals surface area (Å²) in [6.07, 6.45) is 0. The first kappa shape index (κ1) is 15.8. The fraction of sp³-hybridized carbons (Fsp3) is 0.0952. The maximum absolute atomic E-state index is 11.2. The number of carbonyl (C=O) groups excluding carboxylic acids is 1. The Morgan fingerprint density at radius 3 is 2.33 bits per heavy atom. The van der Waals surface area contributed by atoms with Gasteiger partial charge in [-0.2, -0.15) is 0 Å². The average Bonchev–Trinajstić information content (AvgIpc) is 2.61. The summed E-state index contributed by atoms with van der Waals surface area (Å²) in [6, 6.07) is 25.8. The third-order valence-electron chi connectivity index (χ3n) is 3.62. The maximum Gasteiger partial charge on any atom is 0.221 e. The molecule has 1 N–H and O–H groups in total. The van der Waals surface area contributed by atoms with E-state index in [9.17, 15) is 4.79 Å². The summed E-state index contributed by atoms with van der Waals surface area (Å²) in [5.41, 5.74) is 4.07. The van der Waals surface area contributed by atoms with Crippen molar-refractivity contribution in [3.8, 4) is 16.9 Å². The van der Waals surface area contributed by atoms with Crippen molar-refractivity contribution in [2.45, 2.75) is 13.5 Å². The molecule has 0 fully saturated rings. The monoisotopic (exact) mass is 317 g/mol. The van der Waals surface area contributed by atoms with E-state index in [2.05, 4.69) is 5.32 Å². The molecule has 120 valence electrons. The van der Waals surface area contributed by atoms with Crippen LogP contribution in [-0.4, -0.2) is 5.91 Å². The second-order valence-corrected chi connectivity index (χ2v) is 5.56. The minimum absolute atomic E-state index is 0.0724. The molecule has 3 rings (SSSR count). The van der Waals surface area contributed by atoms with E-state index in [1.54, 1.807) is 0 Å². The third-order valence-corrected chi connectivity index (χ3v) is 3.62. The first-order chi connectivity index (χ1) is 11.7. The number of carbonyl (C=O) groups is 1. The molecule has 3 aromatic carbocycles. The lowest BCUT2D eigenvalue weighted by Crippen LogP contribution is -2.05. The summed E-state index contributed by atoms with van der Waals surface area (Å²) < 4.78 is 5.80. The van der Waals surface area contributed by atoms with Crippen molar-refractivity contribution in [3.63, 3.8) is 0 Å². The van der Waals surface area contributed by atoms with Crippen LogP contribution in [0.25, 0.3) is 11.1 Å². The molecule has 3 aromatic rings. The molecule has 3 nitrogen and oxygen atoms in total. The minimum Gasteiger partial charge on any atom is -0.489 e. The van der Waals surface area contributed by atoms with E-state index in [4.69, 9.17) is 4.74 Å². The normalized spacial score (nSPS) is 10.2. The molecule has 0 aromatic heterocycles. The largest absolute Gasteiger partial charge is 0.489 e. The topological polar surface area (TPSA) is 38.3 Å². The Bertz CT molecular complexity index is 811. The summed E-state index contributed by atoms with van der Waals surface area (Å²) in [7, 11) is 0. The number of ether oxygens (including phenoxy) is 1. The summed E-state index contributed by atoms with van der Waals surface area (Å²) >= 11 is 0. The molecule has 0 radical (unpaired) electrons. The molecule has 0 heterocycles. The number of anilines is 1. The van der Waals surface area contributed by atoms with E-state index < -0.39 is 0 Å². The van der Waals surface area contributed by atoms with E-state index >= 15 is 0 Å². The summed E-state index contributed by atoms with van der Waals surface area (Å²) in [6.45, 7) is 2.06. The van der Waals surface area contributed by atoms with E-state index in [1.165, 1.54) is 6.92 Å². The number of benzene rings is 3. The smallest absolute Gasteiger partial charge is 0.221 e. The predicted octanol–water partition coefficient (Wildman–Crippen LogP) is 4.89. The van der Waals surface area contributed by atoms with Gasteiger partial charge < -0.3 is 10.1 Å². The van der Waals surface area contributed by atoms with Crippen molar-refractivity contribution in [2.75, 3.05) is 5.32 Å². The van der Waals surface area contributed by atoms with Crippen molar-refractivity contribution in [1.82, 2.24) is 0 Å². The highest BCUT2D eigenvalue weighted by Crippen LogP contribution is 2.25. The van der Waals surface area contributed by atoms with Crippen molar-refractivity contribution in [2.24, 2.45) is 0 Å². The first-order valence-electron chi connectivity index (χ1n) is 7.85. The lowest BCUT2D eigenvalue weighted by atomic mass is 10.0. The average molecular weight is 317 g/mol. The maximum atomic E-state index is 11.2. The molecule has 24 heavy (non-hydrogen) atoms. The third kappa shape index (κ3) is 4.23. The van der Waals surface area contributed by atoms with E-state index in [-0.39, 0.29) is 5.91 Å². The number of hydrogen-bond acceptors (Lipinski definition) is 2. The Morgan fingerprint density at radius 2 is 1.62 bits per heavy atom. The van der Waals surface area contributed by atoms with Gasteiger partial charge in [-0.05, 0) is 41.0 Å². The molecule has 0 unspecified atom stereocenters. The zero-order chi connectivity index (χ0) is 16.8. The number of nitrogens with one attached hydrogen (secondary N) is 1. The second kappa shape index (κ2) is 7.47. The van der Waals surface area contributed by atoms with Crippen LogP contribution >= 0.6 is 0 Å². The van der Waals surface area contributed by atoms with E-state index in [0.717, 1.165) is 28.1 Å². The Hall–Kier alpha value is -3.07. The predicted molar refractivity (Wildman–Crippen MR) is 97.0 cm³/mol. The highest BCUT2D eigenvalue weighted by Gasteiger charge is 2.02. The molecule has 0 atom stereocenters. The molecule has 0 spiro atoms. The number of amides is 1. The van der Waals surface area contributed by atoms with Crippen molar-refractivity contribution in [1.29, 1.82) is 0 Å². The van der Waals surface area contributed by atoms with Crippen LogP contribution in [0.5, 0.6) is 5.75 Å². The van der Waals surface area contributed by atoms with Gasteiger partial charge in [0.25, 0.3) is 0 Å². The Balaban J connectivity index is 1.69.